The molecule has 0 N–H and O–H groups in total. The molecule has 0 aliphatic carbocycles. The van der Waals surface area contributed by atoms with Gasteiger partial charge in [0.05, 0.1) is 19.3 Å². The lowest BCUT2D eigenvalue weighted by Crippen LogP contribution is -2.77. The van der Waals surface area contributed by atoms with Crippen LogP contribution in [0.25, 0.3) is 0 Å². The molecule has 0 radical (unpaired) electrons. The van der Waals surface area contributed by atoms with Gasteiger partial charge in [-0.2, -0.15) is 0 Å². The number of carbonyl (C=O) groups is 2. The lowest BCUT2D eigenvalue weighted by molar-refractivity contribution is -0.205. The molecule has 0 unspecified atom stereocenters. The van der Waals surface area contributed by atoms with Crippen molar-refractivity contribution in [1.29, 1.82) is 0 Å². The highest BCUT2D eigenvalue weighted by Gasteiger charge is 2.63. The SMILES string of the molecule is CC[Si](CC)(CC)O[C@H]1C(=O)N(C(=O)OC(C)(C)C)[C@H]1C1(C)COC1. The van der Waals surface area contributed by atoms with E-state index in [1.165, 1.54) is 4.90 Å². The number of hydrogen-bond acceptors (Lipinski definition) is 5. The number of carbonyl (C=O) groups excluding carboxylic acids is 2. The molecule has 0 spiro atoms. The van der Waals surface area contributed by atoms with Crippen molar-refractivity contribution in [3.05, 3.63) is 0 Å². The Morgan fingerprint density at radius 2 is 1.76 bits per heavy atom. The number of rotatable bonds is 6. The Hall–Kier alpha value is -0.923. The minimum Gasteiger partial charge on any atom is -0.443 e. The predicted octanol–water partition coefficient (Wildman–Crippen LogP) is 3.56. The summed E-state index contributed by atoms with van der Waals surface area (Å²) in [6, 6.07) is 2.60. The predicted molar refractivity (Wildman–Crippen MR) is 97.9 cm³/mol. The van der Waals surface area contributed by atoms with E-state index < -0.39 is 26.1 Å². The Kier molecular flexibility index (Phi) is 5.71. The van der Waals surface area contributed by atoms with Crippen molar-refractivity contribution >= 4 is 20.3 Å². The van der Waals surface area contributed by atoms with Gasteiger partial charge in [-0.1, -0.05) is 27.7 Å². The highest BCUT2D eigenvalue weighted by Crippen LogP contribution is 2.44. The normalized spacial score (nSPS) is 26.0. The van der Waals surface area contributed by atoms with Gasteiger partial charge in [0.25, 0.3) is 5.91 Å². The van der Waals surface area contributed by atoms with Crippen LogP contribution >= 0.6 is 0 Å². The van der Waals surface area contributed by atoms with E-state index in [4.69, 9.17) is 13.9 Å². The first-order valence-corrected chi connectivity index (χ1v) is 11.9. The molecular weight excluding hydrogens is 338 g/mol. The van der Waals surface area contributed by atoms with Crippen molar-refractivity contribution in [3.8, 4) is 0 Å². The fraction of sp³-hybridized carbons (Fsp3) is 0.889. The number of likely N-dealkylation sites (tertiary alicyclic amines) is 1. The standard InChI is InChI=1S/C18H33NO5Si/c1-8-25(9-2,10-3)24-13-14(18(7)11-22-12-18)19(15(13)20)16(21)23-17(4,5)6/h13-14H,8-12H2,1-7H3/t13-,14-/m1/s1. The maximum absolute atomic E-state index is 12.8. The highest BCUT2D eigenvalue weighted by molar-refractivity contribution is 6.73. The summed E-state index contributed by atoms with van der Waals surface area (Å²) in [6.45, 7) is 14.9. The summed E-state index contributed by atoms with van der Waals surface area (Å²) < 4.78 is 17.3. The lowest BCUT2D eigenvalue weighted by atomic mass is 9.72. The highest BCUT2D eigenvalue weighted by atomic mass is 28.4. The Bertz CT molecular complexity index is 514. The van der Waals surface area contributed by atoms with E-state index in [1.54, 1.807) is 20.8 Å². The zero-order valence-corrected chi connectivity index (χ0v) is 17.7. The van der Waals surface area contributed by atoms with Crippen LogP contribution in [0, 0.1) is 5.41 Å². The van der Waals surface area contributed by atoms with E-state index in [1.807, 2.05) is 0 Å². The van der Waals surface area contributed by atoms with Crippen LogP contribution in [0.1, 0.15) is 48.5 Å². The third-order valence-electron chi connectivity index (χ3n) is 5.52. The van der Waals surface area contributed by atoms with Crippen molar-refractivity contribution in [1.82, 2.24) is 4.90 Å². The molecule has 144 valence electrons. The summed E-state index contributed by atoms with van der Waals surface area (Å²) in [5.41, 5.74) is -0.898. The van der Waals surface area contributed by atoms with E-state index in [0.717, 1.165) is 18.1 Å². The van der Waals surface area contributed by atoms with E-state index >= 15 is 0 Å². The maximum Gasteiger partial charge on any atom is 0.417 e. The van der Waals surface area contributed by atoms with Crippen LogP contribution in [-0.4, -0.2) is 56.2 Å². The molecule has 2 amide bonds. The molecule has 0 aromatic heterocycles. The number of hydrogen-bond donors (Lipinski definition) is 0. The van der Waals surface area contributed by atoms with E-state index in [2.05, 4.69) is 27.7 Å². The second kappa shape index (κ2) is 7.00. The average Bonchev–Trinajstić information content (AvgIpc) is 2.50. The molecule has 2 aliphatic heterocycles. The fourth-order valence-electron chi connectivity index (χ4n) is 3.63. The first-order chi connectivity index (χ1) is 11.5. The van der Waals surface area contributed by atoms with Gasteiger partial charge in [-0.25, -0.2) is 9.69 Å². The van der Waals surface area contributed by atoms with Gasteiger partial charge in [-0.15, -0.1) is 0 Å². The smallest absolute Gasteiger partial charge is 0.417 e. The third kappa shape index (κ3) is 3.78. The van der Waals surface area contributed by atoms with Gasteiger partial charge in [0.15, 0.2) is 8.32 Å². The molecule has 0 aromatic carbocycles. The minimum absolute atomic E-state index is 0.259. The summed E-state index contributed by atoms with van der Waals surface area (Å²) >= 11 is 0. The fourth-order valence-corrected chi connectivity index (χ4v) is 6.40. The van der Waals surface area contributed by atoms with Crippen molar-refractivity contribution < 1.29 is 23.5 Å². The van der Waals surface area contributed by atoms with Crippen molar-refractivity contribution in [2.75, 3.05) is 13.2 Å². The van der Waals surface area contributed by atoms with Gasteiger partial charge >= 0.3 is 6.09 Å². The second-order valence-electron chi connectivity index (χ2n) is 8.56. The van der Waals surface area contributed by atoms with Gasteiger partial charge in [-0.05, 0) is 38.9 Å². The van der Waals surface area contributed by atoms with Crippen LogP contribution in [-0.2, 0) is 18.7 Å². The summed E-state index contributed by atoms with van der Waals surface area (Å²) in [5.74, 6) is -0.264. The molecular formula is C18H33NO5Si. The molecule has 2 heterocycles. The van der Waals surface area contributed by atoms with Crippen LogP contribution in [0.3, 0.4) is 0 Å². The van der Waals surface area contributed by atoms with Crippen LogP contribution in [0.2, 0.25) is 18.1 Å². The molecule has 2 atom stereocenters. The Morgan fingerprint density at radius 1 is 1.24 bits per heavy atom. The Labute approximate surface area is 152 Å². The second-order valence-corrected chi connectivity index (χ2v) is 13.3. The number of amides is 2. The van der Waals surface area contributed by atoms with Crippen LogP contribution in [0.4, 0.5) is 4.79 Å². The van der Waals surface area contributed by atoms with Crippen molar-refractivity contribution in [2.45, 2.75) is 84.3 Å². The van der Waals surface area contributed by atoms with Crippen molar-refractivity contribution in [3.63, 3.8) is 0 Å². The number of β-lactam (4-membered cyclic amide) rings is 1. The number of ether oxygens (including phenoxy) is 2. The molecule has 2 saturated heterocycles. The molecule has 7 heteroatoms. The van der Waals surface area contributed by atoms with Gasteiger partial charge in [0.1, 0.15) is 11.7 Å². The van der Waals surface area contributed by atoms with Crippen molar-refractivity contribution in [2.24, 2.45) is 5.41 Å². The van der Waals surface area contributed by atoms with Gasteiger partial charge < -0.3 is 13.9 Å². The first kappa shape index (κ1) is 20.4. The third-order valence-corrected chi connectivity index (χ3v) is 10.1. The Morgan fingerprint density at radius 3 is 2.12 bits per heavy atom. The largest absolute Gasteiger partial charge is 0.443 e. The molecule has 0 saturated carbocycles. The monoisotopic (exact) mass is 371 g/mol. The molecule has 6 nitrogen and oxygen atoms in total. The average molecular weight is 372 g/mol. The minimum atomic E-state index is -1.95. The first-order valence-electron chi connectivity index (χ1n) is 9.34. The number of nitrogens with zero attached hydrogens (tertiary/aromatic N) is 1. The zero-order valence-electron chi connectivity index (χ0n) is 16.7. The van der Waals surface area contributed by atoms with Crippen LogP contribution in [0.15, 0.2) is 0 Å². The number of imide groups is 1. The molecule has 0 aromatic rings. The molecule has 2 rings (SSSR count). The van der Waals surface area contributed by atoms with Gasteiger partial charge in [-0.3, -0.25) is 4.79 Å². The summed E-state index contributed by atoms with van der Waals surface area (Å²) in [6.07, 6.45) is -1.12. The maximum atomic E-state index is 12.8. The molecule has 2 fully saturated rings. The summed E-state index contributed by atoms with van der Waals surface area (Å²) in [4.78, 5) is 26.6. The van der Waals surface area contributed by atoms with E-state index in [0.29, 0.717) is 13.2 Å². The molecule has 2 aliphatic rings. The van der Waals surface area contributed by atoms with E-state index in [9.17, 15) is 9.59 Å². The zero-order chi connectivity index (χ0) is 19.0. The van der Waals surface area contributed by atoms with Gasteiger partial charge in [0, 0.05) is 5.41 Å². The van der Waals surface area contributed by atoms with Crippen LogP contribution < -0.4 is 0 Å². The Balaban J connectivity index is 2.23. The topological polar surface area (TPSA) is 65.1 Å². The summed E-state index contributed by atoms with van der Waals surface area (Å²) in [7, 11) is -1.95. The summed E-state index contributed by atoms with van der Waals surface area (Å²) in [5, 5.41) is 0. The lowest BCUT2D eigenvalue weighted by Gasteiger charge is -2.57. The van der Waals surface area contributed by atoms with Gasteiger partial charge in [0.2, 0.25) is 0 Å². The molecule has 0 bridgehead atoms. The molecule has 25 heavy (non-hydrogen) atoms. The van der Waals surface area contributed by atoms with Crippen LogP contribution in [0.5, 0.6) is 0 Å². The quantitative estimate of drug-likeness (QED) is 0.528. The van der Waals surface area contributed by atoms with E-state index in [-0.39, 0.29) is 17.4 Å².